The van der Waals surface area contributed by atoms with Crippen molar-refractivity contribution < 1.29 is 4.92 Å². The molecule has 0 aliphatic heterocycles. The highest BCUT2D eigenvalue weighted by Crippen LogP contribution is 2.24. The van der Waals surface area contributed by atoms with Crippen molar-refractivity contribution in [3.8, 4) is 0 Å². The van der Waals surface area contributed by atoms with E-state index in [1.165, 1.54) is 30.5 Å². The molecule has 0 amide bonds. The summed E-state index contributed by atoms with van der Waals surface area (Å²) in [7, 11) is 0. The van der Waals surface area contributed by atoms with Crippen LogP contribution in [0.4, 0.5) is 5.69 Å². The summed E-state index contributed by atoms with van der Waals surface area (Å²) in [5.41, 5.74) is 0.496. The van der Waals surface area contributed by atoms with Gasteiger partial charge in [0.1, 0.15) is 5.52 Å². The molecule has 0 aliphatic rings. The van der Waals surface area contributed by atoms with Crippen LogP contribution in [0.1, 0.15) is 5.56 Å². The van der Waals surface area contributed by atoms with Gasteiger partial charge in [-0.3, -0.25) is 14.9 Å². The molecule has 4 rings (SSSR count). The number of hydrogen-bond donors (Lipinski definition) is 2. The van der Waals surface area contributed by atoms with Gasteiger partial charge in [0.2, 0.25) is 0 Å². The van der Waals surface area contributed by atoms with Gasteiger partial charge in [-0.25, -0.2) is 4.79 Å². The van der Waals surface area contributed by atoms with Crippen molar-refractivity contribution in [3.63, 3.8) is 0 Å². The summed E-state index contributed by atoms with van der Waals surface area (Å²) in [6.45, 7) is 0. The molecular weight excluding hydrogens is 418 g/mol. The Kier molecular flexibility index (Phi) is 3.96. The topological polar surface area (TPSA) is 126 Å². The zero-order valence-corrected chi connectivity index (χ0v) is 15.1. The van der Waals surface area contributed by atoms with E-state index in [0.717, 1.165) is 4.47 Å². The van der Waals surface area contributed by atoms with E-state index in [4.69, 9.17) is 0 Å². The van der Waals surface area contributed by atoms with E-state index >= 15 is 0 Å². The maximum absolute atomic E-state index is 12.7. The van der Waals surface area contributed by atoms with Crippen LogP contribution in [0.3, 0.4) is 0 Å². The fraction of sp³-hybridized carbons (Fsp3) is 0. The molecule has 2 heterocycles. The molecular formula is C17H10BrN5O4. The first-order valence-electron chi connectivity index (χ1n) is 7.69. The number of nitro benzene ring substituents is 1. The highest BCUT2D eigenvalue weighted by Gasteiger charge is 2.12. The average molecular weight is 428 g/mol. The summed E-state index contributed by atoms with van der Waals surface area (Å²) in [6.07, 6.45) is 1.28. The third-order valence-electron chi connectivity index (χ3n) is 4.02. The minimum atomic E-state index is -0.688. The number of fused-ring (bicyclic) bond motifs is 3. The lowest BCUT2D eigenvalue weighted by Gasteiger charge is -1.98. The van der Waals surface area contributed by atoms with Crippen LogP contribution in [0.15, 0.2) is 61.6 Å². The Bertz CT molecular complexity index is 1350. The Hall–Kier alpha value is -3.53. The molecule has 10 heteroatoms. The second-order valence-corrected chi connectivity index (χ2v) is 6.62. The van der Waals surface area contributed by atoms with Crippen LogP contribution in [-0.2, 0) is 0 Å². The minimum absolute atomic E-state index is 0.0622. The maximum atomic E-state index is 12.7. The molecule has 27 heavy (non-hydrogen) atoms. The third kappa shape index (κ3) is 2.95. The van der Waals surface area contributed by atoms with Crippen molar-refractivity contribution in [2.45, 2.75) is 0 Å². The minimum Gasteiger partial charge on any atom is -0.349 e. The van der Waals surface area contributed by atoms with Crippen LogP contribution in [-0.4, -0.2) is 25.8 Å². The number of rotatable bonds is 3. The van der Waals surface area contributed by atoms with Crippen LogP contribution in [0.25, 0.3) is 21.9 Å². The molecule has 0 saturated heterocycles. The molecule has 2 aromatic carbocycles. The summed E-state index contributed by atoms with van der Waals surface area (Å²) in [5.74, 6) is 0. The summed E-state index contributed by atoms with van der Waals surface area (Å²) in [6, 6.07) is 11.0. The molecule has 0 aliphatic carbocycles. The Labute approximate surface area is 158 Å². The predicted molar refractivity (Wildman–Crippen MR) is 104 cm³/mol. The Morgan fingerprint density at radius 1 is 1.07 bits per heavy atom. The number of H-pyrrole nitrogens is 2. The average Bonchev–Trinajstić information content (AvgIpc) is 3.00. The number of nitro groups is 1. The molecule has 134 valence electrons. The van der Waals surface area contributed by atoms with Crippen molar-refractivity contribution in [1.82, 2.24) is 14.6 Å². The van der Waals surface area contributed by atoms with Gasteiger partial charge in [-0.05, 0) is 35.9 Å². The smallest absolute Gasteiger partial charge is 0.349 e. The third-order valence-corrected chi connectivity index (χ3v) is 4.51. The van der Waals surface area contributed by atoms with E-state index in [9.17, 15) is 19.7 Å². The first-order valence-corrected chi connectivity index (χ1v) is 8.48. The SMILES string of the molecule is O=c1[nH]c2c([nH]c3ccc(Br)cc32)c(=O)n1N=Cc1ccc([N+](=O)[O-])cc1. The summed E-state index contributed by atoms with van der Waals surface area (Å²) >= 11 is 3.36. The van der Waals surface area contributed by atoms with E-state index in [-0.39, 0.29) is 11.2 Å². The van der Waals surface area contributed by atoms with Crippen molar-refractivity contribution in [1.29, 1.82) is 0 Å². The summed E-state index contributed by atoms with van der Waals surface area (Å²) in [4.78, 5) is 40.8. The molecule has 0 bridgehead atoms. The number of benzene rings is 2. The predicted octanol–water partition coefficient (Wildman–Crippen LogP) is 2.72. The number of hydrogen-bond acceptors (Lipinski definition) is 5. The maximum Gasteiger partial charge on any atom is 0.350 e. The molecule has 4 aromatic rings. The first kappa shape index (κ1) is 16.9. The number of nitrogens with one attached hydrogen (secondary N) is 2. The Morgan fingerprint density at radius 2 is 1.81 bits per heavy atom. The fourth-order valence-electron chi connectivity index (χ4n) is 2.72. The second-order valence-electron chi connectivity index (χ2n) is 5.71. The number of halogens is 1. The summed E-state index contributed by atoms with van der Waals surface area (Å²) in [5, 5.41) is 15.3. The number of aromatic nitrogens is 3. The fourth-order valence-corrected chi connectivity index (χ4v) is 3.08. The van der Waals surface area contributed by atoms with E-state index in [2.05, 4.69) is 31.0 Å². The zero-order chi connectivity index (χ0) is 19.1. The van der Waals surface area contributed by atoms with Crippen LogP contribution < -0.4 is 11.2 Å². The molecule has 0 unspecified atom stereocenters. The molecule has 0 saturated carbocycles. The lowest BCUT2D eigenvalue weighted by atomic mass is 10.2. The van der Waals surface area contributed by atoms with Gasteiger partial charge in [0.25, 0.3) is 5.69 Å². The van der Waals surface area contributed by atoms with Gasteiger partial charge >= 0.3 is 11.2 Å². The number of non-ortho nitro benzene ring substituents is 1. The van der Waals surface area contributed by atoms with Crippen LogP contribution in [0.5, 0.6) is 0 Å². The van der Waals surface area contributed by atoms with E-state index in [0.29, 0.717) is 26.7 Å². The lowest BCUT2D eigenvalue weighted by molar-refractivity contribution is -0.384. The van der Waals surface area contributed by atoms with Gasteiger partial charge in [-0.15, -0.1) is 4.68 Å². The Morgan fingerprint density at radius 3 is 2.52 bits per heavy atom. The van der Waals surface area contributed by atoms with Crippen molar-refractivity contribution in [3.05, 3.63) is 83.5 Å². The molecule has 0 fully saturated rings. The van der Waals surface area contributed by atoms with E-state index < -0.39 is 16.2 Å². The largest absolute Gasteiger partial charge is 0.350 e. The number of nitrogens with zero attached hydrogens (tertiary/aromatic N) is 3. The van der Waals surface area contributed by atoms with Gasteiger partial charge in [-0.1, -0.05) is 15.9 Å². The highest BCUT2D eigenvalue weighted by atomic mass is 79.9. The molecule has 9 nitrogen and oxygen atoms in total. The normalized spacial score (nSPS) is 11.6. The first-order chi connectivity index (χ1) is 12.9. The molecule has 2 aromatic heterocycles. The van der Waals surface area contributed by atoms with Crippen LogP contribution in [0, 0.1) is 10.1 Å². The van der Waals surface area contributed by atoms with E-state index in [1.54, 1.807) is 12.1 Å². The molecule has 0 spiro atoms. The van der Waals surface area contributed by atoms with Gasteiger partial charge in [0.15, 0.2) is 0 Å². The zero-order valence-electron chi connectivity index (χ0n) is 13.5. The number of aromatic amines is 2. The van der Waals surface area contributed by atoms with Crippen molar-refractivity contribution >= 4 is 49.8 Å². The van der Waals surface area contributed by atoms with Crippen molar-refractivity contribution in [2.24, 2.45) is 5.10 Å². The van der Waals surface area contributed by atoms with E-state index in [1.807, 2.05) is 6.07 Å². The van der Waals surface area contributed by atoms with Gasteiger partial charge in [0, 0.05) is 27.5 Å². The molecule has 2 N–H and O–H groups in total. The van der Waals surface area contributed by atoms with Gasteiger partial charge < -0.3 is 9.97 Å². The van der Waals surface area contributed by atoms with Gasteiger partial charge in [-0.2, -0.15) is 5.10 Å². The quantitative estimate of drug-likeness (QED) is 0.296. The van der Waals surface area contributed by atoms with Gasteiger partial charge in [0.05, 0.1) is 16.7 Å². The molecule has 0 atom stereocenters. The monoisotopic (exact) mass is 427 g/mol. The molecule has 0 radical (unpaired) electrons. The summed E-state index contributed by atoms with van der Waals surface area (Å²) < 4.78 is 1.52. The van der Waals surface area contributed by atoms with Crippen LogP contribution >= 0.6 is 15.9 Å². The lowest BCUT2D eigenvalue weighted by Crippen LogP contribution is -2.32. The van der Waals surface area contributed by atoms with Crippen molar-refractivity contribution in [2.75, 3.05) is 0 Å². The highest BCUT2D eigenvalue weighted by molar-refractivity contribution is 9.10. The second kappa shape index (κ2) is 6.32. The Balaban J connectivity index is 1.82. The van der Waals surface area contributed by atoms with Crippen LogP contribution in [0.2, 0.25) is 0 Å². The standard InChI is InChI=1S/C17H10BrN5O4/c18-10-3-6-13-12(7-10)14-15(20-13)16(24)22(17(25)21-14)19-8-9-1-4-11(5-2-9)23(26)27/h1-8,20H,(H,21,25).